The number of hydrogen-bond acceptors (Lipinski definition) is 7. The van der Waals surface area contributed by atoms with Crippen LogP contribution in [0.2, 0.25) is 0 Å². The summed E-state index contributed by atoms with van der Waals surface area (Å²) in [6.07, 6.45) is 6.28. The van der Waals surface area contributed by atoms with Crippen molar-refractivity contribution in [2.75, 3.05) is 19.1 Å². The summed E-state index contributed by atoms with van der Waals surface area (Å²) in [5.74, 6) is 3.79. The standard InChI is InChI=1S/C23H27N5O2/c1-6-18-16-11-20(30-5)19(29-4)10-15(16)13-28(18)23-17(14(2)3)12-26-22(27-23)21-24-8-7-9-25-21/h7-12,14,18H,6,13H2,1-5H3. The van der Waals surface area contributed by atoms with Crippen LogP contribution in [0.15, 0.2) is 36.8 Å². The molecule has 2 aromatic heterocycles. The van der Waals surface area contributed by atoms with Crippen LogP contribution in [-0.2, 0) is 6.54 Å². The van der Waals surface area contributed by atoms with Gasteiger partial charge < -0.3 is 14.4 Å². The molecule has 0 amide bonds. The fraction of sp³-hybridized carbons (Fsp3) is 0.391. The fourth-order valence-corrected chi connectivity index (χ4v) is 4.05. The van der Waals surface area contributed by atoms with Gasteiger partial charge in [-0.05, 0) is 41.7 Å². The zero-order valence-corrected chi connectivity index (χ0v) is 18.1. The first-order chi connectivity index (χ1) is 14.6. The van der Waals surface area contributed by atoms with Gasteiger partial charge in [-0.3, -0.25) is 0 Å². The third-order valence-electron chi connectivity index (χ3n) is 5.56. The Balaban J connectivity index is 1.82. The summed E-state index contributed by atoms with van der Waals surface area (Å²) >= 11 is 0. The van der Waals surface area contributed by atoms with Crippen molar-refractivity contribution < 1.29 is 9.47 Å². The summed E-state index contributed by atoms with van der Waals surface area (Å²) in [6.45, 7) is 7.27. The van der Waals surface area contributed by atoms with Crippen molar-refractivity contribution >= 4 is 5.82 Å². The van der Waals surface area contributed by atoms with Crippen molar-refractivity contribution in [2.24, 2.45) is 0 Å². The van der Waals surface area contributed by atoms with Gasteiger partial charge in [0.15, 0.2) is 23.1 Å². The van der Waals surface area contributed by atoms with Gasteiger partial charge in [-0.15, -0.1) is 0 Å². The lowest BCUT2D eigenvalue weighted by Crippen LogP contribution is -2.24. The first-order valence-corrected chi connectivity index (χ1v) is 10.2. The highest BCUT2D eigenvalue weighted by molar-refractivity contribution is 5.61. The van der Waals surface area contributed by atoms with Crippen LogP contribution in [0.3, 0.4) is 0 Å². The van der Waals surface area contributed by atoms with E-state index in [1.165, 1.54) is 11.1 Å². The Kier molecular flexibility index (Phi) is 5.53. The molecule has 0 N–H and O–H groups in total. The number of anilines is 1. The van der Waals surface area contributed by atoms with Crippen LogP contribution < -0.4 is 14.4 Å². The molecule has 1 atom stereocenters. The third kappa shape index (κ3) is 3.44. The fourth-order valence-electron chi connectivity index (χ4n) is 4.05. The van der Waals surface area contributed by atoms with E-state index in [0.29, 0.717) is 11.6 Å². The molecule has 0 saturated heterocycles. The van der Waals surface area contributed by atoms with Crippen molar-refractivity contribution in [3.63, 3.8) is 0 Å². The van der Waals surface area contributed by atoms with E-state index in [1.54, 1.807) is 32.7 Å². The molecule has 3 heterocycles. The van der Waals surface area contributed by atoms with Crippen LogP contribution in [-0.4, -0.2) is 34.2 Å². The molecular weight excluding hydrogens is 378 g/mol. The highest BCUT2D eigenvalue weighted by atomic mass is 16.5. The number of hydrogen-bond donors (Lipinski definition) is 0. The molecule has 3 aromatic rings. The van der Waals surface area contributed by atoms with Crippen LogP contribution in [0, 0.1) is 0 Å². The van der Waals surface area contributed by atoms with Gasteiger partial charge in [0.25, 0.3) is 0 Å². The molecule has 0 radical (unpaired) electrons. The predicted molar refractivity (Wildman–Crippen MR) is 116 cm³/mol. The van der Waals surface area contributed by atoms with E-state index in [2.05, 4.69) is 52.8 Å². The average molecular weight is 406 g/mol. The second-order valence-corrected chi connectivity index (χ2v) is 7.66. The smallest absolute Gasteiger partial charge is 0.199 e. The Bertz CT molecular complexity index is 1040. The number of benzene rings is 1. The second-order valence-electron chi connectivity index (χ2n) is 7.66. The quantitative estimate of drug-likeness (QED) is 0.596. The van der Waals surface area contributed by atoms with Crippen molar-refractivity contribution in [1.29, 1.82) is 0 Å². The summed E-state index contributed by atoms with van der Waals surface area (Å²) in [4.78, 5) is 20.5. The number of methoxy groups -OCH3 is 2. The van der Waals surface area contributed by atoms with Crippen LogP contribution in [0.1, 0.15) is 55.8 Å². The molecule has 0 spiro atoms. The lowest BCUT2D eigenvalue weighted by molar-refractivity contribution is 0.354. The maximum Gasteiger partial charge on any atom is 0.199 e. The number of rotatable bonds is 6. The molecule has 0 aliphatic carbocycles. The third-order valence-corrected chi connectivity index (χ3v) is 5.56. The molecule has 0 saturated carbocycles. The Labute approximate surface area is 177 Å². The summed E-state index contributed by atoms with van der Waals surface area (Å²) in [5, 5.41) is 0. The minimum Gasteiger partial charge on any atom is -0.493 e. The van der Waals surface area contributed by atoms with Crippen LogP contribution in [0.4, 0.5) is 5.82 Å². The second kappa shape index (κ2) is 8.26. The van der Waals surface area contributed by atoms with Gasteiger partial charge in [-0.1, -0.05) is 20.8 Å². The molecule has 7 nitrogen and oxygen atoms in total. The van der Waals surface area contributed by atoms with Crippen LogP contribution in [0.25, 0.3) is 11.6 Å². The van der Waals surface area contributed by atoms with Crippen molar-refractivity contribution in [2.45, 2.75) is 45.7 Å². The van der Waals surface area contributed by atoms with Crippen molar-refractivity contribution in [3.05, 3.63) is 53.5 Å². The Morgan fingerprint density at radius 3 is 2.37 bits per heavy atom. The highest BCUT2D eigenvalue weighted by Gasteiger charge is 2.33. The van der Waals surface area contributed by atoms with Crippen LogP contribution >= 0.6 is 0 Å². The van der Waals surface area contributed by atoms with Crippen LogP contribution in [0.5, 0.6) is 11.5 Å². The molecule has 0 bridgehead atoms. The molecule has 7 heteroatoms. The lowest BCUT2D eigenvalue weighted by Gasteiger charge is -2.28. The largest absolute Gasteiger partial charge is 0.493 e. The van der Waals surface area contributed by atoms with E-state index in [-0.39, 0.29) is 12.0 Å². The number of ether oxygens (including phenoxy) is 2. The lowest BCUT2D eigenvalue weighted by atomic mass is 10.0. The van der Waals surface area contributed by atoms with Gasteiger partial charge in [0.1, 0.15) is 5.82 Å². The molecule has 1 aliphatic heterocycles. The minimum absolute atomic E-state index is 0.191. The Morgan fingerprint density at radius 2 is 1.73 bits per heavy atom. The Morgan fingerprint density at radius 1 is 1.03 bits per heavy atom. The average Bonchev–Trinajstić information content (AvgIpc) is 3.15. The first-order valence-electron chi connectivity index (χ1n) is 10.2. The SMILES string of the molecule is CCC1c2cc(OC)c(OC)cc2CN1c1nc(-c2ncccn2)ncc1C(C)C. The van der Waals surface area contributed by atoms with Gasteiger partial charge in [0.05, 0.1) is 20.3 Å². The normalized spacial score (nSPS) is 15.4. The highest BCUT2D eigenvalue weighted by Crippen LogP contribution is 2.45. The van der Waals surface area contributed by atoms with E-state index in [9.17, 15) is 0 Å². The van der Waals surface area contributed by atoms with Gasteiger partial charge in [0.2, 0.25) is 0 Å². The number of aromatic nitrogens is 4. The van der Waals surface area contributed by atoms with Crippen molar-refractivity contribution in [3.8, 4) is 23.1 Å². The molecule has 0 fully saturated rings. The van der Waals surface area contributed by atoms with Crippen molar-refractivity contribution in [1.82, 2.24) is 19.9 Å². The van der Waals surface area contributed by atoms with Gasteiger partial charge in [-0.25, -0.2) is 19.9 Å². The molecular formula is C23H27N5O2. The maximum atomic E-state index is 5.55. The summed E-state index contributed by atoms with van der Waals surface area (Å²) in [7, 11) is 3.34. The first kappa shape index (κ1) is 20.1. The van der Waals surface area contributed by atoms with E-state index in [0.717, 1.165) is 35.8 Å². The predicted octanol–water partition coefficient (Wildman–Crippen LogP) is 4.55. The van der Waals surface area contributed by atoms with E-state index < -0.39 is 0 Å². The summed E-state index contributed by atoms with van der Waals surface area (Å²) in [5.41, 5.74) is 3.59. The van der Waals surface area contributed by atoms with Gasteiger partial charge >= 0.3 is 0 Å². The molecule has 1 aliphatic rings. The van der Waals surface area contributed by atoms with Gasteiger partial charge in [-0.2, -0.15) is 0 Å². The maximum absolute atomic E-state index is 5.55. The number of fused-ring (bicyclic) bond motifs is 1. The number of nitrogens with zero attached hydrogens (tertiary/aromatic N) is 5. The van der Waals surface area contributed by atoms with E-state index in [1.807, 2.05) is 6.20 Å². The monoisotopic (exact) mass is 405 g/mol. The molecule has 1 aromatic carbocycles. The zero-order chi connectivity index (χ0) is 21.3. The molecule has 156 valence electrons. The van der Waals surface area contributed by atoms with Gasteiger partial charge in [0, 0.05) is 30.7 Å². The van der Waals surface area contributed by atoms with E-state index >= 15 is 0 Å². The molecule has 4 rings (SSSR count). The molecule has 30 heavy (non-hydrogen) atoms. The topological polar surface area (TPSA) is 73.3 Å². The summed E-state index contributed by atoms with van der Waals surface area (Å²) in [6, 6.07) is 6.16. The minimum atomic E-state index is 0.191. The van der Waals surface area contributed by atoms with E-state index in [4.69, 9.17) is 14.5 Å². The molecule has 1 unspecified atom stereocenters. The Hall–Kier alpha value is -3.22. The summed E-state index contributed by atoms with van der Waals surface area (Å²) < 4.78 is 11.1. The zero-order valence-electron chi connectivity index (χ0n) is 18.1.